The minimum atomic E-state index is -0.264. The van der Waals surface area contributed by atoms with Gasteiger partial charge in [0, 0.05) is 17.6 Å². The molecule has 28 heavy (non-hydrogen) atoms. The van der Waals surface area contributed by atoms with Gasteiger partial charge in [0.2, 0.25) is 0 Å². The molecule has 0 bridgehead atoms. The highest BCUT2D eigenvalue weighted by Crippen LogP contribution is 2.24. The Morgan fingerprint density at radius 1 is 1.29 bits per heavy atom. The first kappa shape index (κ1) is 20.7. The van der Waals surface area contributed by atoms with Crippen molar-refractivity contribution in [3.8, 4) is 0 Å². The molecule has 0 radical (unpaired) electrons. The third kappa shape index (κ3) is 4.68. The van der Waals surface area contributed by atoms with Crippen molar-refractivity contribution in [3.05, 3.63) is 40.0 Å². The van der Waals surface area contributed by atoms with Gasteiger partial charge in [0.15, 0.2) is 10.8 Å². The molecule has 0 unspecified atom stereocenters. The zero-order chi connectivity index (χ0) is 20.3. The Balaban J connectivity index is 1.74. The number of hydrogen-bond acceptors (Lipinski definition) is 6. The number of aromatic nitrogens is 4. The van der Waals surface area contributed by atoms with Gasteiger partial charge in [-0.05, 0) is 38.3 Å². The summed E-state index contributed by atoms with van der Waals surface area (Å²) < 4.78 is 1.76. The van der Waals surface area contributed by atoms with E-state index < -0.39 is 0 Å². The second kappa shape index (κ2) is 8.98. The van der Waals surface area contributed by atoms with Crippen LogP contribution >= 0.6 is 35.0 Å². The Morgan fingerprint density at radius 3 is 2.75 bits per heavy atom. The van der Waals surface area contributed by atoms with Gasteiger partial charge in [-0.3, -0.25) is 4.79 Å². The number of thioether (sulfide) groups is 1. The van der Waals surface area contributed by atoms with E-state index >= 15 is 0 Å². The average molecular weight is 439 g/mol. The molecular weight excluding hydrogens is 419 g/mol. The summed E-state index contributed by atoms with van der Waals surface area (Å²) in [5, 5.41) is 12.9. The standard InChI is InChI=1S/C18H20Cl2N6OS/c1-10(2)23-15-13-9-22-26(16(13)25-18(24-15)28-3)7-6-21-17(27)12-5-4-11(19)8-14(12)20/h4-5,8-10H,6-7H2,1-3H3,(H,21,27)(H,23,24,25). The number of carbonyl (C=O) groups is 1. The second-order valence-corrected chi connectivity index (χ2v) is 7.96. The second-order valence-electron chi connectivity index (χ2n) is 6.34. The lowest BCUT2D eigenvalue weighted by Crippen LogP contribution is -2.27. The van der Waals surface area contributed by atoms with Gasteiger partial charge in [-0.15, -0.1) is 0 Å². The van der Waals surface area contributed by atoms with Crippen molar-refractivity contribution >= 4 is 57.7 Å². The number of nitrogens with zero attached hydrogens (tertiary/aromatic N) is 4. The van der Waals surface area contributed by atoms with Gasteiger partial charge in [-0.2, -0.15) is 5.10 Å². The normalized spacial score (nSPS) is 11.2. The molecule has 0 aliphatic carbocycles. The lowest BCUT2D eigenvalue weighted by molar-refractivity contribution is 0.0952. The quantitative estimate of drug-likeness (QED) is 0.426. The minimum Gasteiger partial charge on any atom is -0.367 e. The zero-order valence-electron chi connectivity index (χ0n) is 15.7. The Bertz CT molecular complexity index is 1010. The smallest absolute Gasteiger partial charge is 0.252 e. The van der Waals surface area contributed by atoms with E-state index in [0.717, 1.165) is 16.9 Å². The first-order valence-electron chi connectivity index (χ1n) is 8.66. The minimum absolute atomic E-state index is 0.236. The van der Waals surface area contributed by atoms with Crippen LogP contribution in [0.5, 0.6) is 0 Å². The molecule has 148 valence electrons. The molecule has 2 N–H and O–H groups in total. The molecule has 0 aliphatic heterocycles. The van der Waals surface area contributed by atoms with Crippen molar-refractivity contribution in [2.75, 3.05) is 18.1 Å². The van der Waals surface area contributed by atoms with E-state index in [1.54, 1.807) is 29.1 Å². The lowest BCUT2D eigenvalue weighted by Gasteiger charge is -2.11. The highest BCUT2D eigenvalue weighted by atomic mass is 35.5. The summed E-state index contributed by atoms with van der Waals surface area (Å²) in [6, 6.07) is 5.02. The van der Waals surface area contributed by atoms with Crippen LogP contribution < -0.4 is 10.6 Å². The van der Waals surface area contributed by atoms with Crippen LogP contribution in [0.4, 0.5) is 5.82 Å². The van der Waals surface area contributed by atoms with Crippen LogP contribution in [-0.4, -0.2) is 44.5 Å². The molecule has 0 saturated heterocycles. The topological polar surface area (TPSA) is 84.7 Å². The van der Waals surface area contributed by atoms with E-state index in [4.69, 9.17) is 23.2 Å². The Labute approximate surface area is 177 Å². The van der Waals surface area contributed by atoms with Crippen molar-refractivity contribution in [1.29, 1.82) is 0 Å². The monoisotopic (exact) mass is 438 g/mol. The first-order valence-corrected chi connectivity index (χ1v) is 10.6. The molecule has 7 nitrogen and oxygen atoms in total. The lowest BCUT2D eigenvalue weighted by atomic mass is 10.2. The van der Waals surface area contributed by atoms with Gasteiger partial charge in [0.1, 0.15) is 5.82 Å². The van der Waals surface area contributed by atoms with Crippen molar-refractivity contribution in [2.45, 2.75) is 31.6 Å². The fourth-order valence-corrected chi connectivity index (χ4v) is 3.47. The number of rotatable bonds is 7. The molecule has 3 aromatic rings. The predicted octanol–water partition coefficient (Wildman–Crippen LogP) is 4.11. The van der Waals surface area contributed by atoms with Crippen LogP contribution in [0.25, 0.3) is 11.0 Å². The molecule has 0 spiro atoms. The summed E-state index contributed by atoms with van der Waals surface area (Å²) in [5.74, 6) is 0.493. The molecular formula is C18H20Cl2N6OS. The predicted molar refractivity (Wildman–Crippen MR) is 115 cm³/mol. The van der Waals surface area contributed by atoms with Crippen LogP contribution in [-0.2, 0) is 6.54 Å². The third-order valence-corrected chi connectivity index (χ3v) is 4.96. The van der Waals surface area contributed by atoms with Gasteiger partial charge >= 0.3 is 0 Å². The molecule has 1 amide bonds. The summed E-state index contributed by atoms with van der Waals surface area (Å²) in [7, 11) is 0. The van der Waals surface area contributed by atoms with Crippen molar-refractivity contribution < 1.29 is 4.79 Å². The molecule has 3 rings (SSSR count). The molecule has 2 heterocycles. The van der Waals surface area contributed by atoms with E-state index in [1.807, 2.05) is 6.26 Å². The Hall–Kier alpha value is -2.03. The number of benzene rings is 1. The third-order valence-electron chi connectivity index (χ3n) is 3.87. The van der Waals surface area contributed by atoms with Gasteiger partial charge in [-0.25, -0.2) is 14.6 Å². The van der Waals surface area contributed by atoms with Crippen LogP contribution in [0.15, 0.2) is 29.6 Å². The number of amides is 1. The highest BCUT2D eigenvalue weighted by Gasteiger charge is 2.14. The van der Waals surface area contributed by atoms with Gasteiger partial charge in [0.05, 0.1) is 28.7 Å². The maximum Gasteiger partial charge on any atom is 0.252 e. The van der Waals surface area contributed by atoms with Gasteiger partial charge < -0.3 is 10.6 Å². The molecule has 1 aromatic carbocycles. The van der Waals surface area contributed by atoms with Crippen molar-refractivity contribution in [1.82, 2.24) is 25.1 Å². The van der Waals surface area contributed by atoms with Crippen LogP contribution in [0, 0.1) is 0 Å². The van der Waals surface area contributed by atoms with Crippen LogP contribution in [0.2, 0.25) is 10.0 Å². The summed E-state index contributed by atoms with van der Waals surface area (Å²) in [6.07, 6.45) is 3.67. The molecule has 10 heteroatoms. The molecule has 0 aliphatic rings. The number of hydrogen-bond donors (Lipinski definition) is 2. The summed E-state index contributed by atoms with van der Waals surface area (Å²) in [6.45, 7) is 4.94. The van der Waals surface area contributed by atoms with E-state index in [-0.39, 0.29) is 11.9 Å². The zero-order valence-corrected chi connectivity index (χ0v) is 18.0. The van der Waals surface area contributed by atoms with E-state index in [9.17, 15) is 4.79 Å². The van der Waals surface area contributed by atoms with Crippen molar-refractivity contribution in [2.24, 2.45) is 0 Å². The van der Waals surface area contributed by atoms with E-state index in [2.05, 4.69) is 39.5 Å². The Kier molecular flexibility index (Phi) is 6.64. The van der Waals surface area contributed by atoms with Gasteiger partial charge in [-0.1, -0.05) is 35.0 Å². The molecule has 0 atom stereocenters. The highest BCUT2D eigenvalue weighted by molar-refractivity contribution is 7.98. The average Bonchev–Trinajstić information content (AvgIpc) is 3.04. The van der Waals surface area contributed by atoms with Crippen LogP contribution in [0.3, 0.4) is 0 Å². The van der Waals surface area contributed by atoms with Crippen LogP contribution in [0.1, 0.15) is 24.2 Å². The number of nitrogens with one attached hydrogen (secondary N) is 2. The Morgan fingerprint density at radius 2 is 2.07 bits per heavy atom. The fourth-order valence-electron chi connectivity index (χ4n) is 2.62. The SMILES string of the molecule is CSc1nc(NC(C)C)c2cnn(CCNC(=O)c3ccc(Cl)cc3Cl)c2n1. The van der Waals surface area contributed by atoms with Gasteiger partial charge in [0.25, 0.3) is 5.91 Å². The summed E-state index contributed by atoms with van der Waals surface area (Å²) in [5.41, 5.74) is 1.10. The summed E-state index contributed by atoms with van der Waals surface area (Å²) in [4.78, 5) is 21.4. The number of anilines is 1. The fraction of sp³-hybridized carbons (Fsp3) is 0.333. The largest absolute Gasteiger partial charge is 0.367 e. The van der Waals surface area contributed by atoms with Crippen molar-refractivity contribution in [3.63, 3.8) is 0 Å². The molecule has 0 saturated carbocycles. The first-order chi connectivity index (χ1) is 13.4. The van der Waals surface area contributed by atoms with E-state index in [0.29, 0.717) is 33.9 Å². The number of halogens is 2. The molecule has 2 aromatic heterocycles. The number of fused-ring (bicyclic) bond motifs is 1. The maximum absolute atomic E-state index is 12.3. The maximum atomic E-state index is 12.3. The van der Waals surface area contributed by atoms with E-state index in [1.165, 1.54) is 11.8 Å². The summed E-state index contributed by atoms with van der Waals surface area (Å²) >= 11 is 13.4. The molecule has 0 fully saturated rings. The number of carbonyl (C=O) groups excluding carboxylic acids is 1.